The summed E-state index contributed by atoms with van der Waals surface area (Å²) in [7, 11) is 0. The van der Waals surface area contributed by atoms with Crippen molar-refractivity contribution >= 4 is 29.4 Å². The van der Waals surface area contributed by atoms with Crippen molar-refractivity contribution in [2.45, 2.75) is 51.9 Å². The Bertz CT molecular complexity index is 1270. The molecule has 0 spiro atoms. The minimum absolute atomic E-state index is 0.125. The molecule has 2 atom stereocenters. The van der Waals surface area contributed by atoms with Crippen LogP contribution in [0.25, 0.3) is 0 Å². The first-order chi connectivity index (χ1) is 20.0. The van der Waals surface area contributed by atoms with Crippen LogP contribution in [0.15, 0.2) is 36.0 Å². The SMILES string of the molecule is CC(C)C(C(=O)C(F)(F)C(F)(F)F)N1CC=C1C(=O)NC(=O)[C@@H](NC(=O)c1ccc(C(=O)N2CCOCC2)cc1)C(C)C. The summed E-state index contributed by atoms with van der Waals surface area (Å²) in [5.74, 6) is -12.6. The van der Waals surface area contributed by atoms with Crippen LogP contribution in [-0.2, 0) is 19.1 Å². The normalized spacial score (nSPS) is 17.1. The maximum Gasteiger partial charge on any atom is 0.461 e. The first-order valence-electron chi connectivity index (χ1n) is 13.6. The van der Waals surface area contributed by atoms with Crippen LogP contribution in [0.2, 0.25) is 0 Å². The summed E-state index contributed by atoms with van der Waals surface area (Å²) in [6, 6.07) is 2.49. The number of benzene rings is 1. The Hall–Kier alpha value is -3.88. The third-order valence-electron chi connectivity index (χ3n) is 7.09. The molecule has 0 radical (unpaired) electrons. The number of amides is 4. The van der Waals surface area contributed by atoms with E-state index < -0.39 is 65.2 Å². The highest BCUT2D eigenvalue weighted by Crippen LogP contribution is 2.39. The summed E-state index contributed by atoms with van der Waals surface area (Å²) in [4.78, 5) is 66.0. The molecule has 4 amide bonds. The largest absolute Gasteiger partial charge is 0.461 e. The van der Waals surface area contributed by atoms with Crippen molar-refractivity contribution in [3.63, 3.8) is 0 Å². The molecule has 15 heteroatoms. The van der Waals surface area contributed by atoms with Crippen LogP contribution in [-0.4, -0.2) is 96.2 Å². The van der Waals surface area contributed by atoms with Crippen LogP contribution in [0.3, 0.4) is 0 Å². The molecule has 1 aromatic rings. The fourth-order valence-electron chi connectivity index (χ4n) is 4.63. The number of nitrogens with zero attached hydrogens (tertiary/aromatic N) is 2. The number of carbonyl (C=O) groups excluding carboxylic acids is 5. The zero-order chi connectivity index (χ0) is 32.3. The van der Waals surface area contributed by atoms with Crippen molar-refractivity contribution in [2.24, 2.45) is 11.8 Å². The molecule has 0 aliphatic carbocycles. The number of rotatable bonds is 10. The van der Waals surface area contributed by atoms with Gasteiger partial charge in [0.2, 0.25) is 11.7 Å². The standard InChI is InChI=1S/C28H33F5N4O6/c1-15(2)20(34-23(39)17-5-7-18(8-6-17)26(42)36-11-13-43-14-12-36)25(41)35-24(40)19-9-10-37(19)21(16(3)4)22(38)27(29,30)28(31,32)33/h5-9,15-16,20-21H,10-14H2,1-4H3,(H,34,39)(H,35,40,41)/t20-,21?/m0/s1. The van der Waals surface area contributed by atoms with E-state index >= 15 is 0 Å². The molecule has 10 nitrogen and oxygen atoms in total. The number of morpholine rings is 1. The van der Waals surface area contributed by atoms with Crippen LogP contribution < -0.4 is 10.6 Å². The number of hydrogen-bond acceptors (Lipinski definition) is 7. The van der Waals surface area contributed by atoms with Crippen molar-refractivity contribution in [1.29, 1.82) is 0 Å². The summed E-state index contributed by atoms with van der Waals surface area (Å²) >= 11 is 0. The topological polar surface area (TPSA) is 125 Å². The van der Waals surface area contributed by atoms with Gasteiger partial charge in [-0.05, 0) is 42.2 Å². The quantitative estimate of drug-likeness (QED) is 0.387. The predicted octanol–water partition coefficient (Wildman–Crippen LogP) is 2.55. The summed E-state index contributed by atoms with van der Waals surface area (Å²) < 4.78 is 71.5. The molecule has 2 N–H and O–H groups in total. The Kier molecular flexibility index (Phi) is 10.3. The molecule has 1 aromatic carbocycles. The lowest BCUT2D eigenvalue weighted by molar-refractivity contribution is -0.271. The Morgan fingerprint density at radius 1 is 0.837 bits per heavy atom. The lowest BCUT2D eigenvalue weighted by atomic mass is 9.91. The van der Waals surface area contributed by atoms with Gasteiger partial charge in [0, 0.05) is 30.8 Å². The van der Waals surface area contributed by atoms with E-state index in [0.29, 0.717) is 31.9 Å². The lowest BCUT2D eigenvalue weighted by Gasteiger charge is -2.41. The maximum absolute atomic E-state index is 13.9. The molecular formula is C28H33F5N4O6. The highest BCUT2D eigenvalue weighted by Gasteiger charge is 2.65. The van der Waals surface area contributed by atoms with E-state index in [2.05, 4.69) is 5.32 Å². The number of Topliss-reactive ketones (excluding diaryl/α,β-unsaturated/α-hetero) is 1. The molecule has 43 heavy (non-hydrogen) atoms. The summed E-state index contributed by atoms with van der Waals surface area (Å²) in [6.45, 7) is 7.13. The van der Waals surface area contributed by atoms with E-state index in [1.807, 2.05) is 5.32 Å². The molecule has 1 unspecified atom stereocenters. The van der Waals surface area contributed by atoms with Gasteiger partial charge >= 0.3 is 12.1 Å². The second-order valence-corrected chi connectivity index (χ2v) is 10.9. The van der Waals surface area contributed by atoms with Crippen molar-refractivity contribution in [2.75, 3.05) is 32.8 Å². The highest BCUT2D eigenvalue weighted by atomic mass is 19.4. The molecule has 1 saturated heterocycles. The summed E-state index contributed by atoms with van der Waals surface area (Å²) in [6.07, 6.45) is -4.94. The van der Waals surface area contributed by atoms with E-state index in [-0.39, 0.29) is 18.0 Å². The molecule has 3 rings (SSSR count). The minimum Gasteiger partial charge on any atom is -0.378 e. The molecule has 0 bridgehead atoms. The Labute approximate surface area is 244 Å². The van der Waals surface area contributed by atoms with Gasteiger partial charge in [0.05, 0.1) is 19.3 Å². The number of carbonyl (C=O) groups is 5. The number of nitrogens with one attached hydrogen (secondary N) is 2. The van der Waals surface area contributed by atoms with Crippen molar-refractivity contribution in [1.82, 2.24) is 20.4 Å². The van der Waals surface area contributed by atoms with E-state index in [0.717, 1.165) is 4.90 Å². The Morgan fingerprint density at radius 3 is 1.86 bits per heavy atom. The predicted molar refractivity (Wildman–Crippen MR) is 142 cm³/mol. The third-order valence-corrected chi connectivity index (χ3v) is 7.09. The fraction of sp³-hybridized carbons (Fsp3) is 0.536. The smallest absolute Gasteiger partial charge is 0.378 e. The molecule has 0 saturated carbocycles. The highest BCUT2D eigenvalue weighted by molar-refractivity contribution is 6.08. The fourth-order valence-corrected chi connectivity index (χ4v) is 4.63. The molecule has 0 aromatic heterocycles. The van der Waals surface area contributed by atoms with Crippen LogP contribution in [0, 0.1) is 11.8 Å². The Balaban J connectivity index is 1.66. The second-order valence-electron chi connectivity index (χ2n) is 10.9. The number of halogens is 5. The van der Waals surface area contributed by atoms with E-state index in [1.165, 1.54) is 44.2 Å². The van der Waals surface area contributed by atoms with Gasteiger partial charge in [-0.25, -0.2) is 0 Å². The van der Waals surface area contributed by atoms with Crippen molar-refractivity contribution in [3.05, 3.63) is 47.2 Å². The van der Waals surface area contributed by atoms with Gasteiger partial charge in [-0.2, -0.15) is 22.0 Å². The molecule has 236 valence electrons. The van der Waals surface area contributed by atoms with E-state index in [4.69, 9.17) is 4.74 Å². The van der Waals surface area contributed by atoms with Crippen molar-refractivity contribution < 1.29 is 50.7 Å². The zero-order valence-corrected chi connectivity index (χ0v) is 24.0. The first kappa shape index (κ1) is 33.6. The molecule has 2 heterocycles. The number of ketones is 1. The Morgan fingerprint density at radius 2 is 1.40 bits per heavy atom. The van der Waals surface area contributed by atoms with Gasteiger partial charge in [0.1, 0.15) is 11.7 Å². The van der Waals surface area contributed by atoms with Crippen LogP contribution in [0.1, 0.15) is 48.4 Å². The van der Waals surface area contributed by atoms with Crippen molar-refractivity contribution in [3.8, 4) is 0 Å². The number of ether oxygens (including phenoxy) is 1. The van der Waals surface area contributed by atoms with Gasteiger partial charge in [-0.15, -0.1) is 0 Å². The van der Waals surface area contributed by atoms with Gasteiger partial charge < -0.3 is 19.9 Å². The number of imide groups is 1. The maximum atomic E-state index is 13.9. The van der Waals surface area contributed by atoms with Gasteiger partial charge in [0.25, 0.3) is 17.7 Å². The lowest BCUT2D eigenvalue weighted by Crippen LogP contribution is -2.60. The molecule has 2 aliphatic rings. The second kappa shape index (κ2) is 13.2. The minimum atomic E-state index is -6.12. The van der Waals surface area contributed by atoms with Crippen LogP contribution in [0.4, 0.5) is 22.0 Å². The zero-order valence-electron chi connectivity index (χ0n) is 24.0. The van der Waals surface area contributed by atoms with Crippen LogP contribution >= 0.6 is 0 Å². The van der Waals surface area contributed by atoms with Gasteiger partial charge in [-0.1, -0.05) is 27.7 Å². The molecule has 1 fully saturated rings. The van der Waals surface area contributed by atoms with E-state index in [9.17, 15) is 45.9 Å². The summed E-state index contributed by atoms with van der Waals surface area (Å²) in [5.41, 5.74) is 0.0551. The number of alkyl halides is 5. The summed E-state index contributed by atoms with van der Waals surface area (Å²) in [5, 5.41) is 4.53. The van der Waals surface area contributed by atoms with Gasteiger partial charge in [-0.3, -0.25) is 29.3 Å². The third kappa shape index (κ3) is 7.37. The first-order valence-corrected chi connectivity index (χ1v) is 13.6. The number of hydrogen-bond donors (Lipinski definition) is 2. The average molecular weight is 617 g/mol. The van der Waals surface area contributed by atoms with Gasteiger partial charge in [0.15, 0.2) is 0 Å². The average Bonchev–Trinajstić information content (AvgIpc) is 2.92. The monoisotopic (exact) mass is 616 g/mol. The molecule has 2 aliphatic heterocycles. The molecular weight excluding hydrogens is 583 g/mol. The van der Waals surface area contributed by atoms with E-state index in [1.54, 1.807) is 18.7 Å². The van der Waals surface area contributed by atoms with Crippen LogP contribution in [0.5, 0.6) is 0 Å².